The fourth-order valence-electron chi connectivity index (χ4n) is 2.78. The third kappa shape index (κ3) is 2.96. The van der Waals surface area contributed by atoms with E-state index in [0.29, 0.717) is 38.4 Å². The molecule has 2 aromatic heterocycles. The van der Waals surface area contributed by atoms with Gasteiger partial charge in [-0.05, 0) is 45.9 Å². The van der Waals surface area contributed by atoms with Gasteiger partial charge in [-0.15, -0.1) is 0 Å². The second-order valence-corrected chi connectivity index (χ2v) is 7.53. The van der Waals surface area contributed by atoms with Gasteiger partial charge in [0.2, 0.25) is 5.71 Å². The van der Waals surface area contributed by atoms with E-state index >= 15 is 0 Å². The molecule has 25 heavy (non-hydrogen) atoms. The number of aromatic nitrogens is 2. The Morgan fingerprint density at radius 3 is 2.56 bits per heavy atom. The van der Waals surface area contributed by atoms with Crippen molar-refractivity contribution in [3.63, 3.8) is 0 Å². The van der Waals surface area contributed by atoms with Gasteiger partial charge in [-0.3, -0.25) is 4.90 Å². The largest absolute Gasteiger partial charge is 0.465 e. The van der Waals surface area contributed by atoms with Crippen LogP contribution in [-0.2, 0) is 0 Å². The summed E-state index contributed by atoms with van der Waals surface area (Å²) in [6.45, 7) is 7.17. The van der Waals surface area contributed by atoms with E-state index in [9.17, 15) is 9.90 Å². The van der Waals surface area contributed by atoms with E-state index in [-0.39, 0.29) is 0 Å². The number of rotatable bonds is 2. The van der Waals surface area contributed by atoms with Crippen LogP contribution in [0.15, 0.2) is 28.9 Å². The maximum Gasteiger partial charge on any atom is 0.412 e. The molecule has 0 aliphatic rings. The van der Waals surface area contributed by atoms with E-state index in [1.165, 1.54) is 11.2 Å². The van der Waals surface area contributed by atoms with E-state index in [1.54, 1.807) is 29.6 Å². The summed E-state index contributed by atoms with van der Waals surface area (Å²) in [7, 11) is 0. The number of benzene rings is 1. The average Bonchev–Trinajstić information content (AvgIpc) is 2.98. The molecule has 0 fully saturated rings. The van der Waals surface area contributed by atoms with Crippen molar-refractivity contribution in [2.75, 3.05) is 4.90 Å². The van der Waals surface area contributed by atoms with Crippen LogP contribution in [0.3, 0.4) is 0 Å². The van der Waals surface area contributed by atoms with Crippen LogP contribution in [0.4, 0.5) is 10.5 Å². The van der Waals surface area contributed by atoms with Gasteiger partial charge in [0, 0.05) is 16.1 Å². The van der Waals surface area contributed by atoms with Crippen molar-refractivity contribution >= 4 is 40.7 Å². The molecule has 2 heterocycles. The number of aryl methyl sites for hydroxylation is 1. The monoisotopic (exact) mass is 381 g/mol. The Hall–Kier alpha value is -2.18. The Morgan fingerprint density at radius 1 is 1.32 bits per heavy atom. The van der Waals surface area contributed by atoms with Crippen molar-refractivity contribution in [1.29, 1.82) is 0 Å². The van der Waals surface area contributed by atoms with Crippen molar-refractivity contribution in [2.24, 2.45) is 0 Å². The SMILES string of the molecule is Cc1nn2c(-c3ccc(Cl)cc3Cl)coc2c1N(C(=O)O)C(C)(C)C. The van der Waals surface area contributed by atoms with Gasteiger partial charge in [0.05, 0.1) is 10.7 Å². The summed E-state index contributed by atoms with van der Waals surface area (Å²) in [5, 5.41) is 15.1. The van der Waals surface area contributed by atoms with Gasteiger partial charge in [0.15, 0.2) is 0 Å². The molecule has 6 nitrogen and oxygen atoms in total. The average molecular weight is 382 g/mol. The molecule has 0 aliphatic heterocycles. The van der Waals surface area contributed by atoms with Gasteiger partial charge < -0.3 is 9.52 Å². The lowest BCUT2D eigenvalue weighted by atomic mass is 10.1. The molecule has 1 amide bonds. The van der Waals surface area contributed by atoms with Crippen LogP contribution in [0.2, 0.25) is 10.0 Å². The molecule has 132 valence electrons. The maximum absolute atomic E-state index is 11.8. The first kappa shape index (κ1) is 17.6. The smallest absolute Gasteiger partial charge is 0.412 e. The van der Waals surface area contributed by atoms with Crippen LogP contribution in [0, 0.1) is 6.92 Å². The standard InChI is InChI=1S/C17H17Cl2N3O3/c1-9-14(21(16(23)24)17(2,3)4)15-22(20-9)13(8-25-15)11-6-5-10(18)7-12(11)19/h5-8H,1-4H3,(H,23,24). The summed E-state index contributed by atoms with van der Waals surface area (Å²) in [4.78, 5) is 13.1. The summed E-state index contributed by atoms with van der Waals surface area (Å²) in [6, 6.07) is 5.12. The molecule has 0 radical (unpaired) electrons. The summed E-state index contributed by atoms with van der Waals surface area (Å²) in [5.41, 5.74) is 1.95. The van der Waals surface area contributed by atoms with Crippen LogP contribution < -0.4 is 4.90 Å². The minimum absolute atomic E-state index is 0.343. The second-order valence-electron chi connectivity index (χ2n) is 6.68. The normalized spacial score (nSPS) is 11.9. The predicted octanol–water partition coefficient (Wildman–Crippen LogP) is 5.49. The molecule has 0 atom stereocenters. The van der Waals surface area contributed by atoms with E-state index in [4.69, 9.17) is 27.6 Å². The number of halogens is 2. The highest BCUT2D eigenvalue weighted by atomic mass is 35.5. The molecule has 1 N–H and O–H groups in total. The van der Waals surface area contributed by atoms with Gasteiger partial charge in [-0.2, -0.15) is 9.61 Å². The number of carbonyl (C=O) groups is 1. The molecule has 0 bridgehead atoms. The summed E-state index contributed by atoms with van der Waals surface area (Å²) in [5.74, 6) is 0. The summed E-state index contributed by atoms with van der Waals surface area (Å²) < 4.78 is 7.23. The highest BCUT2D eigenvalue weighted by molar-refractivity contribution is 6.36. The third-order valence-corrected chi connectivity index (χ3v) is 4.34. The van der Waals surface area contributed by atoms with Crippen LogP contribution in [-0.4, -0.2) is 26.4 Å². The Balaban J connectivity index is 2.24. The fourth-order valence-corrected chi connectivity index (χ4v) is 3.28. The highest BCUT2D eigenvalue weighted by Crippen LogP contribution is 2.37. The van der Waals surface area contributed by atoms with Crippen LogP contribution in [0.25, 0.3) is 17.0 Å². The number of oxazole rings is 1. The molecule has 3 aromatic rings. The van der Waals surface area contributed by atoms with E-state index in [2.05, 4.69) is 5.10 Å². The van der Waals surface area contributed by atoms with E-state index in [0.717, 1.165) is 0 Å². The Bertz CT molecular complexity index is 970. The lowest BCUT2D eigenvalue weighted by Gasteiger charge is -2.32. The molecule has 0 aliphatic carbocycles. The third-order valence-electron chi connectivity index (χ3n) is 3.79. The quantitative estimate of drug-likeness (QED) is 0.636. The van der Waals surface area contributed by atoms with Gasteiger partial charge in [0.25, 0.3) is 0 Å². The van der Waals surface area contributed by atoms with Crippen molar-refractivity contribution in [1.82, 2.24) is 9.61 Å². The highest BCUT2D eigenvalue weighted by Gasteiger charge is 2.34. The van der Waals surface area contributed by atoms with Crippen LogP contribution >= 0.6 is 23.2 Å². The molecule has 1 aromatic carbocycles. The zero-order valence-electron chi connectivity index (χ0n) is 14.2. The molecular weight excluding hydrogens is 365 g/mol. The molecule has 0 saturated carbocycles. The maximum atomic E-state index is 11.8. The Kier molecular flexibility index (Phi) is 4.21. The van der Waals surface area contributed by atoms with Gasteiger partial charge in [-0.25, -0.2) is 4.79 Å². The lowest BCUT2D eigenvalue weighted by Crippen LogP contribution is -2.45. The molecule has 8 heteroatoms. The van der Waals surface area contributed by atoms with Crippen LogP contribution in [0.1, 0.15) is 26.5 Å². The van der Waals surface area contributed by atoms with Gasteiger partial charge >= 0.3 is 6.09 Å². The number of amides is 1. The lowest BCUT2D eigenvalue weighted by molar-refractivity contribution is 0.195. The first-order valence-corrected chi connectivity index (χ1v) is 8.32. The number of nitrogens with zero attached hydrogens (tertiary/aromatic N) is 3. The number of anilines is 1. The number of hydrogen-bond acceptors (Lipinski definition) is 3. The van der Waals surface area contributed by atoms with Crippen molar-refractivity contribution in [3.8, 4) is 11.3 Å². The molecule has 3 rings (SSSR count). The first-order chi connectivity index (χ1) is 11.6. The fraction of sp³-hybridized carbons (Fsp3) is 0.294. The second kappa shape index (κ2) is 5.97. The number of carboxylic acid groups (broad SMARTS) is 1. The topological polar surface area (TPSA) is 71.0 Å². The van der Waals surface area contributed by atoms with Crippen molar-refractivity contribution in [2.45, 2.75) is 33.2 Å². The zero-order chi connectivity index (χ0) is 18.5. The predicted molar refractivity (Wildman–Crippen MR) is 97.9 cm³/mol. The van der Waals surface area contributed by atoms with E-state index < -0.39 is 11.6 Å². The van der Waals surface area contributed by atoms with E-state index in [1.807, 2.05) is 20.8 Å². The van der Waals surface area contributed by atoms with Gasteiger partial charge in [-0.1, -0.05) is 23.2 Å². The molecule has 0 unspecified atom stereocenters. The molecule has 0 saturated heterocycles. The minimum atomic E-state index is -1.08. The molecule has 0 spiro atoms. The summed E-state index contributed by atoms with van der Waals surface area (Å²) >= 11 is 12.2. The summed E-state index contributed by atoms with van der Waals surface area (Å²) in [6.07, 6.45) is 0.427. The zero-order valence-corrected chi connectivity index (χ0v) is 15.7. The Morgan fingerprint density at radius 2 is 2.00 bits per heavy atom. The number of hydrogen-bond donors (Lipinski definition) is 1. The van der Waals surface area contributed by atoms with Gasteiger partial charge in [0.1, 0.15) is 17.6 Å². The van der Waals surface area contributed by atoms with Crippen molar-refractivity contribution < 1.29 is 14.3 Å². The van der Waals surface area contributed by atoms with Crippen molar-refractivity contribution in [3.05, 3.63) is 40.2 Å². The van der Waals surface area contributed by atoms with Crippen LogP contribution in [0.5, 0.6) is 0 Å². The molecular formula is C17H17Cl2N3O3. The first-order valence-electron chi connectivity index (χ1n) is 7.56. The minimum Gasteiger partial charge on any atom is -0.465 e. The number of fused-ring (bicyclic) bond motifs is 1. The Labute approximate surface area is 154 Å².